The number of nitrogens with one attached hydrogen (secondary N) is 1. The van der Waals surface area contributed by atoms with Gasteiger partial charge in [-0.25, -0.2) is 0 Å². The Hall–Kier alpha value is -2.36. The van der Waals surface area contributed by atoms with Gasteiger partial charge in [0.2, 0.25) is 0 Å². The maximum absolute atomic E-state index is 6.00. The van der Waals surface area contributed by atoms with Crippen LogP contribution < -0.4 is 19.5 Å². The number of hydrogen-bond acceptors (Lipinski definition) is 4. The minimum Gasteiger partial charge on any atom is -0.489 e. The second-order valence-corrected chi connectivity index (χ2v) is 6.88. The van der Waals surface area contributed by atoms with Gasteiger partial charge in [0.25, 0.3) is 0 Å². The zero-order valence-electron chi connectivity index (χ0n) is 14.9. The fourth-order valence-corrected chi connectivity index (χ4v) is 3.53. The van der Waals surface area contributed by atoms with Gasteiger partial charge in [-0.3, -0.25) is 0 Å². The van der Waals surface area contributed by atoms with Crippen molar-refractivity contribution >= 4 is 5.69 Å². The molecule has 25 heavy (non-hydrogen) atoms. The maximum atomic E-state index is 6.00. The molecule has 4 nitrogen and oxygen atoms in total. The Kier molecular flexibility index (Phi) is 4.43. The highest BCUT2D eigenvalue weighted by molar-refractivity contribution is 5.59. The van der Waals surface area contributed by atoms with Gasteiger partial charge in [-0.1, -0.05) is 26.0 Å². The summed E-state index contributed by atoms with van der Waals surface area (Å²) in [6.45, 7) is 6.37. The van der Waals surface area contributed by atoms with E-state index < -0.39 is 0 Å². The number of aryl methyl sites for hydroxylation is 1. The molecule has 0 spiro atoms. The fraction of sp³-hybridized carbons (Fsp3) is 0.429. The van der Waals surface area contributed by atoms with Crippen LogP contribution in [0.1, 0.15) is 37.3 Å². The second-order valence-electron chi connectivity index (χ2n) is 6.88. The van der Waals surface area contributed by atoms with Gasteiger partial charge in [-0.15, -0.1) is 0 Å². The lowest BCUT2D eigenvalue weighted by molar-refractivity contribution is 0.171. The summed E-state index contributed by atoms with van der Waals surface area (Å²) >= 11 is 0. The normalized spacial score (nSPS) is 19.4. The Labute approximate surface area is 149 Å². The number of hydrogen-bond donors (Lipinski definition) is 1. The number of anilines is 1. The van der Waals surface area contributed by atoms with Crippen molar-refractivity contribution in [2.75, 3.05) is 25.1 Å². The number of ether oxygens (including phenoxy) is 3. The van der Waals surface area contributed by atoms with E-state index >= 15 is 0 Å². The highest BCUT2D eigenvalue weighted by Crippen LogP contribution is 2.36. The number of benzene rings is 2. The molecule has 0 aromatic heterocycles. The average Bonchev–Trinajstić information content (AvgIpc) is 2.67. The van der Waals surface area contributed by atoms with Gasteiger partial charge in [-0.05, 0) is 54.2 Å². The van der Waals surface area contributed by atoms with Gasteiger partial charge in [0.1, 0.15) is 25.6 Å². The van der Waals surface area contributed by atoms with Crippen molar-refractivity contribution in [3.8, 4) is 17.2 Å². The van der Waals surface area contributed by atoms with Crippen molar-refractivity contribution in [1.29, 1.82) is 0 Å². The van der Waals surface area contributed by atoms with Crippen LogP contribution in [0.25, 0.3) is 0 Å². The summed E-state index contributed by atoms with van der Waals surface area (Å²) in [5.74, 6) is 3.10. The predicted molar refractivity (Wildman–Crippen MR) is 99.2 cm³/mol. The standard InChI is InChI=1S/C21H25NO3/c1-3-15-4-6-18-20(11-15)25-13-17(22-18)10-14(2)16-5-7-19-21(12-16)24-9-8-23-19/h4-7,11-12,14,17,22H,3,8-10,13H2,1-2H3. The van der Waals surface area contributed by atoms with Crippen molar-refractivity contribution in [2.24, 2.45) is 0 Å². The molecular formula is C21H25NO3. The summed E-state index contributed by atoms with van der Waals surface area (Å²) in [4.78, 5) is 0. The van der Waals surface area contributed by atoms with Crippen molar-refractivity contribution in [2.45, 2.75) is 38.6 Å². The van der Waals surface area contributed by atoms with Crippen LogP contribution in [-0.2, 0) is 6.42 Å². The predicted octanol–water partition coefficient (Wildman–Crippen LogP) is 4.39. The van der Waals surface area contributed by atoms with Gasteiger partial charge in [0.15, 0.2) is 11.5 Å². The Balaban J connectivity index is 1.43. The molecule has 4 heteroatoms. The summed E-state index contributed by atoms with van der Waals surface area (Å²) in [6, 6.07) is 13.0. The molecule has 0 saturated heterocycles. The molecule has 132 valence electrons. The van der Waals surface area contributed by atoms with E-state index in [1.54, 1.807) is 0 Å². The molecular weight excluding hydrogens is 314 g/mol. The smallest absolute Gasteiger partial charge is 0.161 e. The van der Waals surface area contributed by atoms with E-state index in [4.69, 9.17) is 14.2 Å². The van der Waals surface area contributed by atoms with E-state index in [0.29, 0.717) is 31.8 Å². The van der Waals surface area contributed by atoms with Gasteiger partial charge in [0.05, 0.1) is 11.7 Å². The van der Waals surface area contributed by atoms with Crippen LogP contribution in [0, 0.1) is 0 Å². The van der Waals surface area contributed by atoms with Gasteiger partial charge in [-0.2, -0.15) is 0 Å². The quantitative estimate of drug-likeness (QED) is 0.897. The monoisotopic (exact) mass is 339 g/mol. The first-order valence-corrected chi connectivity index (χ1v) is 9.14. The first-order chi connectivity index (χ1) is 12.2. The molecule has 0 radical (unpaired) electrons. The van der Waals surface area contributed by atoms with Crippen LogP contribution in [0.5, 0.6) is 17.2 Å². The lowest BCUT2D eigenvalue weighted by atomic mass is 9.93. The molecule has 4 rings (SSSR count). The molecule has 0 fully saturated rings. The fourth-order valence-electron chi connectivity index (χ4n) is 3.53. The summed E-state index contributed by atoms with van der Waals surface area (Å²) in [5, 5.41) is 3.63. The minimum absolute atomic E-state index is 0.308. The minimum atomic E-state index is 0.308. The van der Waals surface area contributed by atoms with Crippen molar-refractivity contribution in [3.63, 3.8) is 0 Å². The highest BCUT2D eigenvalue weighted by atomic mass is 16.6. The van der Waals surface area contributed by atoms with Crippen molar-refractivity contribution in [1.82, 2.24) is 0 Å². The topological polar surface area (TPSA) is 39.7 Å². The summed E-state index contributed by atoms with van der Waals surface area (Å²) in [6.07, 6.45) is 2.04. The third kappa shape index (κ3) is 3.39. The number of fused-ring (bicyclic) bond motifs is 2. The second kappa shape index (κ2) is 6.87. The first kappa shape index (κ1) is 16.1. The van der Waals surface area contributed by atoms with E-state index in [0.717, 1.165) is 35.8 Å². The van der Waals surface area contributed by atoms with Crippen molar-refractivity contribution in [3.05, 3.63) is 47.5 Å². The Bertz CT molecular complexity index is 759. The molecule has 2 unspecified atom stereocenters. The van der Waals surface area contributed by atoms with Crippen LogP contribution in [0.4, 0.5) is 5.69 Å². The summed E-state index contributed by atoms with van der Waals surface area (Å²) in [7, 11) is 0. The van der Waals surface area contributed by atoms with E-state index in [1.807, 2.05) is 6.07 Å². The van der Waals surface area contributed by atoms with E-state index in [-0.39, 0.29) is 0 Å². The molecule has 2 aromatic carbocycles. The summed E-state index contributed by atoms with van der Waals surface area (Å²) in [5.41, 5.74) is 3.68. The summed E-state index contributed by atoms with van der Waals surface area (Å²) < 4.78 is 17.3. The van der Waals surface area contributed by atoms with E-state index in [9.17, 15) is 0 Å². The molecule has 2 atom stereocenters. The third-order valence-electron chi connectivity index (χ3n) is 5.03. The molecule has 0 saturated carbocycles. The van der Waals surface area contributed by atoms with Crippen LogP contribution >= 0.6 is 0 Å². The van der Waals surface area contributed by atoms with E-state index in [2.05, 4.69) is 49.5 Å². The Morgan fingerprint density at radius 1 is 1.00 bits per heavy atom. The van der Waals surface area contributed by atoms with Crippen LogP contribution in [0.3, 0.4) is 0 Å². The zero-order valence-corrected chi connectivity index (χ0v) is 14.9. The van der Waals surface area contributed by atoms with Gasteiger partial charge >= 0.3 is 0 Å². The SMILES string of the molecule is CCc1ccc2c(c1)OCC(CC(C)c1ccc3c(c1)OCCO3)N2. The molecule has 0 amide bonds. The molecule has 2 aromatic rings. The molecule has 2 aliphatic heterocycles. The average molecular weight is 339 g/mol. The number of rotatable bonds is 4. The largest absolute Gasteiger partial charge is 0.489 e. The Morgan fingerprint density at radius 2 is 1.84 bits per heavy atom. The third-order valence-corrected chi connectivity index (χ3v) is 5.03. The lowest BCUT2D eigenvalue weighted by Crippen LogP contribution is -2.32. The Morgan fingerprint density at radius 3 is 2.68 bits per heavy atom. The zero-order chi connectivity index (χ0) is 17.2. The highest BCUT2D eigenvalue weighted by Gasteiger charge is 2.22. The van der Waals surface area contributed by atoms with Gasteiger partial charge < -0.3 is 19.5 Å². The van der Waals surface area contributed by atoms with E-state index in [1.165, 1.54) is 11.1 Å². The molecule has 2 heterocycles. The van der Waals surface area contributed by atoms with Crippen LogP contribution in [0.15, 0.2) is 36.4 Å². The molecule has 1 N–H and O–H groups in total. The van der Waals surface area contributed by atoms with Crippen LogP contribution in [-0.4, -0.2) is 25.9 Å². The van der Waals surface area contributed by atoms with Crippen LogP contribution in [0.2, 0.25) is 0 Å². The van der Waals surface area contributed by atoms with Crippen molar-refractivity contribution < 1.29 is 14.2 Å². The lowest BCUT2D eigenvalue weighted by Gasteiger charge is -2.30. The first-order valence-electron chi connectivity index (χ1n) is 9.14. The van der Waals surface area contributed by atoms with Gasteiger partial charge in [0, 0.05) is 0 Å². The molecule has 0 bridgehead atoms. The molecule has 2 aliphatic rings. The molecule has 0 aliphatic carbocycles. The maximum Gasteiger partial charge on any atom is 0.161 e.